The zero-order chi connectivity index (χ0) is 27.9. The summed E-state index contributed by atoms with van der Waals surface area (Å²) in [7, 11) is 0. The Morgan fingerprint density at radius 3 is 2.27 bits per heavy atom. The molecule has 0 aromatic heterocycles. The molecule has 3 fully saturated rings. The molecule has 2 heteroatoms. The number of hydrogen-bond donors (Lipinski definition) is 0. The largest absolute Gasteiger partial charge is 0.462 e. The predicted octanol–water partition coefficient (Wildman–Crippen LogP) is 9.66. The van der Waals surface area contributed by atoms with Gasteiger partial charge in [-0.3, -0.25) is 4.79 Å². The Bertz CT molecular complexity index is 1220. The lowest BCUT2D eigenvalue weighted by molar-refractivity contribution is -0.162. The first-order valence-electron chi connectivity index (χ1n) is 16.0. The summed E-state index contributed by atoms with van der Waals surface area (Å²) in [6, 6.07) is 21.8. The minimum atomic E-state index is -0.108. The van der Waals surface area contributed by atoms with Crippen LogP contribution in [-0.2, 0) is 9.53 Å². The summed E-state index contributed by atoms with van der Waals surface area (Å²) >= 11 is 0. The number of fused-ring (bicyclic) bond motifs is 5. The van der Waals surface area contributed by atoms with E-state index >= 15 is 0 Å². The minimum Gasteiger partial charge on any atom is -0.462 e. The van der Waals surface area contributed by atoms with E-state index < -0.39 is 0 Å². The molecule has 4 aliphatic carbocycles. The molecule has 8 atom stereocenters. The molecule has 2 nitrogen and oxygen atoms in total. The number of hydrogen-bond acceptors (Lipinski definition) is 2. The smallest absolute Gasteiger partial charge is 0.302 e. The maximum atomic E-state index is 12.1. The maximum absolute atomic E-state index is 12.1. The Balaban J connectivity index is 1.23. The fraction of sp³-hybridized carbons (Fsp3) is 0.553. The van der Waals surface area contributed by atoms with E-state index in [9.17, 15) is 4.79 Å². The van der Waals surface area contributed by atoms with Crippen molar-refractivity contribution >= 4 is 11.5 Å². The molecule has 0 saturated heterocycles. The second kappa shape index (κ2) is 11.0. The second-order valence-electron chi connectivity index (χ2n) is 13.9. The molecule has 3 saturated carbocycles. The zero-order valence-corrected chi connectivity index (χ0v) is 25.1. The van der Waals surface area contributed by atoms with Crippen LogP contribution in [0.4, 0.5) is 0 Å². The molecule has 0 amide bonds. The zero-order valence-electron chi connectivity index (χ0n) is 25.1. The van der Waals surface area contributed by atoms with E-state index in [2.05, 4.69) is 93.6 Å². The number of rotatable bonds is 6. The number of allylic oxidation sites excluding steroid dienone is 2. The van der Waals surface area contributed by atoms with Gasteiger partial charge in [-0.05, 0) is 109 Å². The molecule has 0 bridgehead atoms. The van der Waals surface area contributed by atoms with Crippen LogP contribution in [0.5, 0.6) is 0 Å². The monoisotopic (exact) mass is 536 g/mol. The van der Waals surface area contributed by atoms with Crippen LogP contribution >= 0.6 is 0 Å². The van der Waals surface area contributed by atoms with E-state index in [1.807, 2.05) is 0 Å². The molecule has 40 heavy (non-hydrogen) atoms. The van der Waals surface area contributed by atoms with Gasteiger partial charge in [0.15, 0.2) is 0 Å². The van der Waals surface area contributed by atoms with Gasteiger partial charge in [-0.1, -0.05) is 99.2 Å². The molecular formula is C38H48O2. The van der Waals surface area contributed by atoms with Gasteiger partial charge in [0.25, 0.3) is 0 Å². The third-order valence-corrected chi connectivity index (χ3v) is 12.0. The van der Waals surface area contributed by atoms with Crippen molar-refractivity contribution in [3.8, 4) is 0 Å². The Hall–Kier alpha value is -2.61. The molecule has 212 valence electrons. The fourth-order valence-electron chi connectivity index (χ4n) is 10.2. The molecule has 0 heterocycles. The van der Waals surface area contributed by atoms with Gasteiger partial charge in [-0.25, -0.2) is 0 Å². The molecule has 0 spiro atoms. The fourth-order valence-corrected chi connectivity index (χ4v) is 10.2. The van der Waals surface area contributed by atoms with Crippen molar-refractivity contribution in [1.29, 1.82) is 0 Å². The summed E-state index contributed by atoms with van der Waals surface area (Å²) in [5.41, 5.74) is 6.01. The van der Waals surface area contributed by atoms with E-state index in [1.54, 1.807) is 12.5 Å². The van der Waals surface area contributed by atoms with Gasteiger partial charge in [0.05, 0.1) is 0 Å². The van der Waals surface area contributed by atoms with E-state index in [4.69, 9.17) is 4.74 Å². The Kier molecular flexibility index (Phi) is 7.57. The van der Waals surface area contributed by atoms with Gasteiger partial charge in [-0.2, -0.15) is 0 Å². The van der Waals surface area contributed by atoms with Crippen molar-refractivity contribution in [3.05, 3.63) is 89.5 Å². The van der Waals surface area contributed by atoms with E-state index in [0.717, 1.165) is 37.0 Å². The van der Waals surface area contributed by atoms with Crippen LogP contribution in [0.25, 0.3) is 5.57 Å². The van der Waals surface area contributed by atoms with E-state index in [1.165, 1.54) is 55.2 Å². The number of benzene rings is 2. The summed E-state index contributed by atoms with van der Waals surface area (Å²) in [6.45, 7) is 9.22. The molecule has 2 aromatic rings. The molecular weight excluding hydrogens is 488 g/mol. The standard InChI is InChI=1S/C38H48O2/c1-26(18-20-31(28-12-7-5-8-13-28)29-14-9-6-10-15-29)33-22-23-34-32-21-19-30-16-11-17-36(40-27(2)39)38(30,4)35(32)24-25-37(33,34)3/h5-10,12-15,19-20,26,32-36H,11,16-18,21-25H2,1-4H3/t26-,32+,33-,34+,35+,36-,37-,38-/m0/s1. The quantitative estimate of drug-likeness (QED) is 0.271. The van der Waals surface area contributed by atoms with Gasteiger partial charge in [-0.15, -0.1) is 0 Å². The highest BCUT2D eigenvalue weighted by Crippen LogP contribution is 2.67. The molecule has 0 aliphatic heterocycles. The Labute approximate surface area is 242 Å². The SMILES string of the molecule is CC(=O)O[C@H]1CCCC2=CC[C@@H]3[C@H]4CC[C@@H]([C@@H](C)CC=C(c5ccccc5)c5ccccc5)[C@]4(C)CC[C@H]3[C@]21C. The molecule has 0 radical (unpaired) electrons. The number of carbonyl (C=O) groups is 1. The summed E-state index contributed by atoms with van der Waals surface area (Å²) in [5.74, 6) is 3.45. The van der Waals surface area contributed by atoms with Gasteiger partial charge in [0, 0.05) is 12.3 Å². The minimum absolute atomic E-state index is 0.0286. The van der Waals surface area contributed by atoms with E-state index in [0.29, 0.717) is 17.3 Å². The number of ether oxygens (including phenoxy) is 1. The van der Waals surface area contributed by atoms with Crippen LogP contribution in [0.1, 0.15) is 96.6 Å². The van der Waals surface area contributed by atoms with Crippen LogP contribution < -0.4 is 0 Å². The van der Waals surface area contributed by atoms with Crippen LogP contribution in [0.3, 0.4) is 0 Å². The lowest BCUT2D eigenvalue weighted by Gasteiger charge is -2.59. The van der Waals surface area contributed by atoms with Crippen molar-refractivity contribution in [3.63, 3.8) is 0 Å². The topological polar surface area (TPSA) is 26.3 Å². The average Bonchev–Trinajstić information content (AvgIpc) is 3.32. The number of esters is 1. The first-order chi connectivity index (χ1) is 19.3. The van der Waals surface area contributed by atoms with Gasteiger partial charge >= 0.3 is 5.97 Å². The molecule has 2 aromatic carbocycles. The first kappa shape index (κ1) is 27.6. The summed E-state index contributed by atoms with van der Waals surface area (Å²) < 4.78 is 6.05. The van der Waals surface area contributed by atoms with E-state index in [-0.39, 0.29) is 17.5 Å². The Morgan fingerprint density at radius 1 is 0.950 bits per heavy atom. The number of carbonyl (C=O) groups excluding carboxylic acids is 1. The Morgan fingerprint density at radius 2 is 1.62 bits per heavy atom. The lowest BCUT2D eigenvalue weighted by atomic mass is 9.46. The maximum Gasteiger partial charge on any atom is 0.302 e. The third kappa shape index (κ3) is 4.70. The van der Waals surface area contributed by atoms with Crippen LogP contribution in [-0.4, -0.2) is 12.1 Å². The van der Waals surface area contributed by atoms with Crippen LogP contribution in [0, 0.1) is 40.4 Å². The lowest BCUT2D eigenvalue weighted by Crippen LogP contribution is -2.55. The van der Waals surface area contributed by atoms with Crippen molar-refractivity contribution in [2.45, 2.75) is 91.6 Å². The summed E-state index contributed by atoms with van der Waals surface area (Å²) in [6.07, 6.45) is 16.2. The summed E-state index contributed by atoms with van der Waals surface area (Å²) in [5, 5.41) is 0. The molecule has 0 unspecified atom stereocenters. The summed E-state index contributed by atoms with van der Waals surface area (Å²) in [4.78, 5) is 12.1. The predicted molar refractivity (Wildman–Crippen MR) is 164 cm³/mol. The van der Waals surface area contributed by atoms with Crippen molar-refractivity contribution in [2.75, 3.05) is 0 Å². The van der Waals surface area contributed by atoms with Gasteiger partial charge < -0.3 is 4.74 Å². The van der Waals surface area contributed by atoms with Crippen molar-refractivity contribution in [2.24, 2.45) is 40.4 Å². The highest BCUT2D eigenvalue weighted by molar-refractivity contribution is 5.79. The molecule has 0 N–H and O–H groups in total. The van der Waals surface area contributed by atoms with Gasteiger partial charge in [0.1, 0.15) is 6.10 Å². The van der Waals surface area contributed by atoms with Crippen molar-refractivity contribution < 1.29 is 9.53 Å². The molecule has 4 aliphatic rings. The normalized spacial score (nSPS) is 35.4. The molecule has 6 rings (SSSR count). The first-order valence-corrected chi connectivity index (χ1v) is 16.0. The van der Waals surface area contributed by atoms with Gasteiger partial charge in [0.2, 0.25) is 0 Å². The van der Waals surface area contributed by atoms with Crippen LogP contribution in [0.15, 0.2) is 78.4 Å². The second-order valence-corrected chi connectivity index (χ2v) is 13.9. The highest BCUT2D eigenvalue weighted by Gasteiger charge is 2.61. The third-order valence-electron chi connectivity index (χ3n) is 12.0. The highest BCUT2D eigenvalue weighted by atomic mass is 16.5. The average molecular weight is 537 g/mol. The van der Waals surface area contributed by atoms with Crippen molar-refractivity contribution in [1.82, 2.24) is 0 Å². The van der Waals surface area contributed by atoms with Crippen LogP contribution in [0.2, 0.25) is 0 Å².